The lowest BCUT2D eigenvalue weighted by molar-refractivity contribution is -0.169. The fourth-order valence-corrected chi connectivity index (χ4v) is 3.24. The summed E-state index contributed by atoms with van der Waals surface area (Å²) in [6, 6.07) is 7.68. The summed E-state index contributed by atoms with van der Waals surface area (Å²) in [5.74, 6) is -1.06. The lowest BCUT2D eigenvalue weighted by Gasteiger charge is -2.20. The van der Waals surface area contributed by atoms with Gasteiger partial charge in [0.05, 0.1) is 5.92 Å². The smallest absolute Gasteiger partial charge is 0.171 e. The fraction of sp³-hybridized carbons (Fsp3) is 0.647. The van der Waals surface area contributed by atoms with Gasteiger partial charge in [0.2, 0.25) is 0 Å². The molecule has 4 heteroatoms. The molecule has 0 unspecified atom stereocenters. The minimum atomic E-state index is -4.08. The van der Waals surface area contributed by atoms with Crippen LogP contribution in [0.15, 0.2) is 29.2 Å². The van der Waals surface area contributed by atoms with E-state index in [0.717, 1.165) is 36.1 Å². The molecule has 1 aromatic carbocycles. The van der Waals surface area contributed by atoms with E-state index in [1.165, 1.54) is 11.8 Å². The third kappa shape index (κ3) is 7.79. The van der Waals surface area contributed by atoms with Crippen LogP contribution in [0.4, 0.5) is 13.2 Å². The Balaban J connectivity index is 2.41. The number of rotatable bonds is 9. The van der Waals surface area contributed by atoms with Gasteiger partial charge >= 0.3 is 6.18 Å². The average Bonchev–Trinajstić information content (AvgIpc) is 2.42. The van der Waals surface area contributed by atoms with Crippen molar-refractivity contribution in [2.75, 3.05) is 5.75 Å². The number of hydrogen-bond acceptors (Lipinski definition) is 1. The van der Waals surface area contributed by atoms with Gasteiger partial charge in [-0.15, -0.1) is 11.8 Å². The molecular formula is C17H25F3S. The Bertz CT molecular complexity index is 384. The Morgan fingerprint density at radius 1 is 1.00 bits per heavy atom. The number of halogens is 3. The van der Waals surface area contributed by atoms with Crippen molar-refractivity contribution in [1.29, 1.82) is 0 Å². The lowest BCUT2D eigenvalue weighted by atomic mass is 10.0. The van der Waals surface area contributed by atoms with Gasteiger partial charge in [-0.2, -0.15) is 13.2 Å². The molecule has 0 aliphatic carbocycles. The van der Waals surface area contributed by atoms with Gasteiger partial charge in [0.1, 0.15) is 0 Å². The van der Waals surface area contributed by atoms with Crippen molar-refractivity contribution in [2.24, 2.45) is 5.92 Å². The van der Waals surface area contributed by atoms with Crippen LogP contribution in [0.5, 0.6) is 0 Å². The summed E-state index contributed by atoms with van der Waals surface area (Å²) < 4.78 is 39.1. The average molecular weight is 318 g/mol. The normalized spacial score (nSPS) is 13.4. The Kier molecular flexibility index (Phi) is 8.23. The number of alkyl halides is 3. The summed E-state index contributed by atoms with van der Waals surface area (Å²) in [7, 11) is 0. The van der Waals surface area contributed by atoms with Gasteiger partial charge in [-0.3, -0.25) is 0 Å². The Morgan fingerprint density at radius 3 is 2.19 bits per heavy atom. The van der Waals surface area contributed by atoms with Gasteiger partial charge in [-0.1, -0.05) is 56.7 Å². The maximum atomic E-state index is 13.0. The zero-order valence-corrected chi connectivity index (χ0v) is 13.7. The lowest BCUT2D eigenvalue weighted by Crippen LogP contribution is -2.25. The molecule has 0 N–H and O–H groups in total. The third-order valence-corrected chi connectivity index (χ3v) is 4.77. The molecule has 0 saturated heterocycles. The van der Waals surface area contributed by atoms with Crippen LogP contribution < -0.4 is 0 Å². The molecular weight excluding hydrogens is 293 g/mol. The second-order valence-electron chi connectivity index (χ2n) is 5.57. The molecule has 0 amide bonds. The van der Waals surface area contributed by atoms with E-state index in [2.05, 4.69) is 6.92 Å². The first-order chi connectivity index (χ1) is 9.93. The van der Waals surface area contributed by atoms with Crippen LogP contribution in [-0.2, 0) is 0 Å². The second kappa shape index (κ2) is 9.39. The van der Waals surface area contributed by atoms with E-state index in [1.54, 1.807) is 0 Å². The first kappa shape index (κ1) is 18.4. The molecule has 0 spiro atoms. The van der Waals surface area contributed by atoms with E-state index in [0.29, 0.717) is 6.42 Å². The molecule has 120 valence electrons. The van der Waals surface area contributed by atoms with Gasteiger partial charge in [0, 0.05) is 10.6 Å². The maximum Gasteiger partial charge on any atom is 0.392 e. The van der Waals surface area contributed by atoms with Crippen LogP contribution in [0, 0.1) is 12.8 Å². The first-order valence-electron chi connectivity index (χ1n) is 7.69. The topological polar surface area (TPSA) is 0 Å². The highest BCUT2D eigenvalue weighted by atomic mass is 32.2. The van der Waals surface area contributed by atoms with Crippen LogP contribution in [0.25, 0.3) is 0 Å². The highest BCUT2D eigenvalue weighted by molar-refractivity contribution is 7.99. The summed E-state index contributed by atoms with van der Waals surface area (Å²) >= 11 is 1.31. The summed E-state index contributed by atoms with van der Waals surface area (Å²) in [4.78, 5) is 0.917. The van der Waals surface area contributed by atoms with E-state index < -0.39 is 12.1 Å². The molecule has 1 aromatic rings. The van der Waals surface area contributed by atoms with Gasteiger partial charge in [0.25, 0.3) is 0 Å². The summed E-state index contributed by atoms with van der Waals surface area (Å²) in [5.41, 5.74) is 1.13. The van der Waals surface area contributed by atoms with Gasteiger partial charge < -0.3 is 0 Å². The van der Waals surface area contributed by atoms with Crippen molar-refractivity contribution in [3.8, 4) is 0 Å². The second-order valence-corrected chi connectivity index (χ2v) is 6.66. The van der Waals surface area contributed by atoms with Crippen LogP contribution in [-0.4, -0.2) is 11.9 Å². The Morgan fingerprint density at radius 2 is 1.62 bits per heavy atom. The number of aryl methyl sites for hydroxylation is 1. The summed E-state index contributed by atoms with van der Waals surface area (Å²) in [6.07, 6.45) is 1.05. The standard InChI is InChI=1S/C17H25F3S/c1-3-4-5-6-7-8-15(17(18,19)20)13-21-16-11-9-14(2)10-12-16/h9-12,15H,3-8,13H2,1-2H3/t15-/m0/s1. The minimum absolute atomic E-state index is 0.125. The fourth-order valence-electron chi connectivity index (χ4n) is 2.17. The summed E-state index contributed by atoms with van der Waals surface area (Å²) in [5, 5.41) is 0. The van der Waals surface area contributed by atoms with Crippen LogP contribution in [0.2, 0.25) is 0 Å². The van der Waals surface area contributed by atoms with Gasteiger partial charge in [-0.25, -0.2) is 0 Å². The third-order valence-electron chi connectivity index (χ3n) is 3.59. The highest BCUT2D eigenvalue weighted by Gasteiger charge is 2.38. The first-order valence-corrected chi connectivity index (χ1v) is 8.68. The predicted molar refractivity (Wildman–Crippen MR) is 84.8 cm³/mol. The van der Waals surface area contributed by atoms with Crippen molar-refractivity contribution in [1.82, 2.24) is 0 Å². The molecule has 21 heavy (non-hydrogen) atoms. The molecule has 0 fully saturated rings. The van der Waals surface area contributed by atoms with E-state index in [4.69, 9.17) is 0 Å². The largest absolute Gasteiger partial charge is 0.392 e. The number of hydrogen-bond donors (Lipinski definition) is 0. The monoisotopic (exact) mass is 318 g/mol. The summed E-state index contributed by atoms with van der Waals surface area (Å²) in [6.45, 7) is 4.08. The molecule has 0 radical (unpaired) electrons. The van der Waals surface area contributed by atoms with E-state index in [-0.39, 0.29) is 12.2 Å². The molecule has 1 rings (SSSR count). The van der Waals surface area contributed by atoms with Crippen LogP contribution in [0.3, 0.4) is 0 Å². The predicted octanol–water partition coefficient (Wildman–Crippen LogP) is 6.63. The van der Waals surface area contributed by atoms with Crippen LogP contribution >= 0.6 is 11.8 Å². The van der Waals surface area contributed by atoms with E-state index in [9.17, 15) is 13.2 Å². The zero-order chi connectivity index (χ0) is 15.7. The molecule has 0 aliphatic heterocycles. The van der Waals surface area contributed by atoms with Crippen LogP contribution in [0.1, 0.15) is 51.0 Å². The van der Waals surface area contributed by atoms with Crippen molar-refractivity contribution < 1.29 is 13.2 Å². The van der Waals surface area contributed by atoms with E-state index in [1.807, 2.05) is 31.2 Å². The molecule has 1 atom stereocenters. The SMILES string of the molecule is CCCCCCC[C@@H](CSc1ccc(C)cc1)C(F)(F)F. The Hall–Kier alpha value is -0.640. The molecule has 0 aromatic heterocycles. The zero-order valence-electron chi connectivity index (χ0n) is 12.9. The number of benzene rings is 1. The number of thioether (sulfide) groups is 1. The molecule has 0 heterocycles. The number of unbranched alkanes of at least 4 members (excludes halogenated alkanes) is 4. The van der Waals surface area contributed by atoms with Crippen molar-refractivity contribution in [3.63, 3.8) is 0 Å². The van der Waals surface area contributed by atoms with E-state index >= 15 is 0 Å². The van der Waals surface area contributed by atoms with Crippen molar-refractivity contribution in [2.45, 2.75) is 63.4 Å². The molecule has 0 nitrogen and oxygen atoms in total. The maximum absolute atomic E-state index is 13.0. The highest BCUT2D eigenvalue weighted by Crippen LogP contribution is 2.35. The Labute approximate surface area is 130 Å². The molecule has 0 bridgehead atoms. The quantitative estimate of drug-likeness (QED) is 0.364. The molecule has 0 aliphatic rings. The van der Waals surface area contributed by atoms with Gasteiger partial charge in [-0.05, 0) is 25.5 Å². The minimum Gasteiger partial charge on any atom is -0.171 e. The van der Waals surface area contributed by atoms with Crippen molar-refractivity contribution >= 4 is 11.8 Å². The van der Waals surface area contributed by atoms with Crippen molar-refractivity contribution in [3.05, 3.63) is 29.8 Å². The van der Waals surface area contributed by atoms with Gasteiger partial charge in [0.15, 0.2) is 0 Å². The molecule has 0 saturated carbocycles.